The Morgan fingerprint density at radius 3 is 2.67 bits per heavy atom. The molecule has 0 saturated heterocycles. The Hall–Kier alpha value is -0.580. The number of nitrogens with one attached hydrogen (secondary N) is 1. The van der Waals surface area contributed by atoms with Crippen molar-refractivity contribution in [1.29, 1.82) is 0 Å². The molecule has 3 N–H and O–H groups in total. The number of carbonyl (C=O) groups excluding carboxylic acids is 1. The van der Waals surface area contributed by atoms with Crippen LogP contribution in [0.5, 0.6) is 0 Å². The van der Waals surface area contributed by atoms with E-state index in [0.29, 0.717) is 11.1 Å². The van der Waals surface area contributed by atoms with E-state index in [1.165, 1.54) is 12.8 Å². The van der Waals surface area contributed by atoms with Crippen molar-refractivity contribution in [1.82, 2.24) is 5.32 Å². The number of benzene rings is 1. The molecule has 1 aromatic carbocycles. The zero-order valence-electron chi connectivity index (χ0n) is 9.96. The van der Waals surface area contributed by atoms with Crippen molar-refractivity contribution in [2.75, 3.05) is 0 Å². The standard InChI is InChI=1S/C13H16BrClN2O/c14-10-7-8(5-6-11(10)15)12(13(16)18)17-9-3-1-2-4-9/h5-7,9,12,17H,1-4H2,(H2,16,18). The third-order valence-corrected chi connectivity index (χ3v) is 4.53. The quantitative estimate of drug-likeness (QED) is 0.890. The molecule has 1 amide bonds. The van der Waals surface area contributed by atoms with Gasteiger partial charge >= 0.3 is 0 Å². The second kappa shape index (κ2) is 6.04. The molecular formula is C13H16BrClN2O. The zero-order valence-corrected chi connectivity index (χ0v) is 12.3. The van der Waals surface area contributed by atoms with Gasteiger partial charge in [-0.15, -0.1) is 0 Å². The first-order chi connectivity index (χ1) is 8.58. The van der Waals surface area contributed by atoms with Crippen molar-refractivity contribution in [2.24, 2.45) is 5.73 Å². The van der Waals surface area contributed by atoms with E-state index in [1.54, 1.807) is 6.07 Å². The normalized spacial score (nSPS) is 17.9. The molecule has 5 heteroatoms. The van der Waals surface area contributed by atoms with Crippen molar-refractivity contribution in [3.05, 3.63) is 33.3 Å². The lowest BCUT2D eigenvalue weighted by molar-refractivity contribution is -0.120. The number of carbonyl (C=O) groups is 1. The van der Waals surface area contributed by atoms with E-state index < -0.39 is 6.04 Å². The Morgan fingerprint density at radius 2 is 2.11 bits per heavy atom. The fourth-order valence-corrected chi connectivity index (χ4v) is 2.88. The third-order valence-electron chi connectivity index (χ3n) is 3.32. The lowest BCUT2D eigenvalue weighted by Gasteiger charge is -2.21. The van der Waals surface area contributed by atoms with Crippen molar-refractivity contribution < 1.29 is 4.79 Å². The summed E-state index contributed by atoms with van der Waals surface area (Å²) in [5.74, 6) is -0.351. The molecule has 98 valence electrons. The van der Waals surface area contributed by atoms with Crippen LogP contribution in [0.1, 0.15) is 37.3 Å². The van der Waals surface area contributed by atoms with Crippen molar-refractivity contribution >= 4 is 33.4 Å². The molecule has 1 fully saturated rings. The van der Waals surface area contributed by atoms with E-state index in [1.807, 2.05) is 12.1 Å². The van der Waals surface area contributed by atoms with Gasteiger partial charge in [-0.3, -0.25) is 10.1 Å². The van der Waals surface area contributed by atoms with Gasteiger partial charge in [0.1, 0.15) is 6.04 Å². The molecule has 0 radical (unpaired) electrons. The first-order valence-electron chi connectivity index (χ1n) is 6.08. The molecule has 0 bridgehead atoms. The van der Waals surface area contributed by atoms with Gasteiger partial charge in [-0.05, 0) is 46.5 Å². The average Bonchev–Trinajstić information content (AvgIpc) is 2.82. The SMILES string of the molecule is NC(=O)C(NC1CCCC1)c1ccc(Cl)c(Br)c1. The summed E-state index contributed by atoms with van der Waals surface area (Å²) in [7, 11) is 0. The summed E-state index contributed by atoms with van der Waals surface area (Å²) < 4.78 is 0.779. The highest BCUT2D eigenvalue weighted by atomic mass is 79.9. The molecular weight excluding hydrogens is 316 g/mol. The molecule has 1 unspecified atom stereocenters. The Kier molecular flexibility index (Phi) is 4.65. The minimum absolute atomic E-state index is 0.351. The minimum atomic E-state index is -0.443. The second-order valence-corrected chi connectivity index (χ2v) is 5.92. The van der Waals surface area contributed by atoms with Gasteiger partial charge in [0.15, 0.2) is 0 Å². The monoisotopic (exact) mass is 330 g/mol. The number of rotatable bonds is 4. The number of hydrogen-bond donors (Lipinski definition) is 2. The van der Waals surface area contributed by atoms with Gasteiger partial charge in [-0.25, -0.2) is 0 Å². The first-order valence-corrected chi connectivity index (χ1v) is 7.25. The fourth-order valence-electron chi connectivity index (χ4n) is 2.36. The summed E-state index contributed by atoms with van der Waals surface area (Å²) in [6.45, 7) is 0. The van der Waals surface area contributed by atoms with Gasteiger partial charge in [0.05, 0.1) is 5.02 Å². The summed E-state index contributed by atoms with van der Waals surface area (Å²) in [4.78, 5) is 11.6. The maximum Gasteiger partial charge on any atom is 0.239 e. The molecule has 0 spiro atoms. The van der Waals surface area contributed by atoms with Gasteiger partial charge in [-0.2, -0.15) is 0 Å². The Morgan fingerprint density at radius 1 is 1.44 bits per heavy atom. The van der Waals surface area contributed by atoms with E-state index in [4.69, 9.17) is 17.3 Å². The third kappa shape index (κ3) is 3.25. The number of nitrogens with two attached hydrogens (primary N) is 1. The molecule has 0 aliphatic heterocycles. The molecule has 1 atom stereocenters. The van der Waals surface area contributed by atoms with Crippen LogP contribution < -0.4 is 11.1 Å². The van der Waals surface area contributed by atoms with E-state index in [-0.39, 0.29) is 5.91 Å². The highest BCUT2D eigenvalue weighted by Gasteiger charge is 2.24. The highest BCUT2D eigenvalue weighted by Crippen LogP contribution is 2.27. The number of hydrogen-bond acceptors (Lipinski definition) is 2. The van der Waals surface area contributed by atoms with E-state index in [9.17, 15) is 4.79 Å². The van der Waals surface area contributed by atoms with Crippen LogP contribution in [-0.4, -0.2) is 11.9 Å². The Balaban J connectivity index is 2.17. The molecule has 0 aromatic heterocycles. The van der Waals surface area contributed by atoms with E-state index >= 15 is 0 Å². The second-order valence-electron chi connectivity index (χ2n) is 4.66. The van der Waals surface area contributed by atoms with Gasteiger partial charge in [0, 0.05) is 10.5 Å². The maximum atomic E-state index is 11.6. The molecule has 1 aliphatic rings. The summed E-state index contributed by atoms with van der Waals surface area (Å²) in [6, 6.07) is 5.40. The lowest BCUT2D eigenvalue weighted by Crippen LogP contribution is -2.38. The largest absolute Gasteiger partial charge is 0.368 e. The van der Waals surface area contributed by atoms with Crippen LogP contribution in [0.3, 0.4) is 0 Å². The van der Waals surface area contributed by atoms with Gasteiger partial charge in [0.2, 0.25) is 5.91 Å². The van der Waals surface area contributed by atoms with E-state index in [0.717, 1.165) is 22.9 Å². The van der Waals surface area contributed by atoms with E-state index in [2.05, 4.69) is 21.2 Å². The predicted octanol–water partition coefficient (Wildman–Crippen LogP) is 3.16. The van der Waals surface area contributed by atoms with Crippen molar-refractivity contribution in [3.63, 3.8) is 0 Å². The highest BCUT2D eigenvalue weighted by molar-refractivity contribution is 9.10. The smallest absolute Gasteiger partial charge is 0.239 e. The topological polar surface area (TPSA) is 55.1 Å². The number of halogens is 2. The maximum absolute atomic E-state index is 11.6. The van der Waals surface area contributed by atoms with Crippen LogP contribution >= 0.6 is 27.5 Å². The van der Waals surface area contributed by atoms with Crippen LogP contribution in [0.2, 0.25) is 5.02 Å². The van der Waals surface area contributed by atoms with Crippen molar-refractivity contribution in [3.8, 4) is 0 Å². The van der Waals surface area contributed by atoms with Gasteiger partial charge in [-0.1, -0.05) is 30.5 Å². The molecule has 1 aromatic rings. The van der Waals surface area contributed by atoms with Crippen LogP contribution in [0.25, 0.3) is 0 Å². The Labute approximate surface area is 120 Å². The molecule has 3 nitrogen and oxygen atoms in total. The molecule has 1 aliphatic carbocycles. The zero-order chi connectivity index (χ0) is 13.1. The van der Waals surface area contributed by atoms with Crippen LogP contribution in [0, 0.1) is 0 Å². The van der Waals surface area contributed by atoms with Gasteiger partial charge < -0.3 is 5.73 Å². The fraction of sp³-hybridized carbons (Fsp3) is 0.462. The molecule has 0 heterocycles. The predicted molar refractivity (Wildman–Crippen MR) is 76.5 cm³/mol. The summed E-state index contributed by atoms with van der Waals surface area (Å²) in [5.41, 5.74) is 6.34. The van der Waals surface area contributed by atoms with Gasteiger partial charge in [0.25, 0.3) is 0 Å². The average molecular weight is 332 g/mol. The van der Waals surface area contributed by atoms with Crippen molar-refractivity contribution in [2.45, 2.75) is 37.8 Å². The molecule has 18 heavy (non-hydrogen) atoms. The summed E-state index contributed by atoms with van der Waals surface area (Å²) >= 11 is 9.32. The number of amides is 1. The summed E-state index contributed by atoms with van der Waals surface area (Å²) in [5, 5.41) is 3.97. The van der Waals surface area contributed by atoms with Crippen LogP contribution in [0.4, 0.5) is 0 Å². The molecule has 2 rings (SSSR count). The minimum Gasteiger partial charge on any atom is -0.368 e. The number of primary amides is 1. The Bertz CT molecular complexity index is 447. The molecule has 1 saturated carbocycles. The van der Waals surface area contributed by atoms with Crippen LogP contribution in [0.15, 0.2) is 22.7 Å². The summed E-state index contributed by atoms with van der Waals surface area (Å²) in [6.07, 6.45) is 4.65. The first kappa shape index (κ1) is 13.8. The lowest BCUT2D eigenvalue weighted by atomic mass is 10.0. The van der Waals surface area contributed by atoms with Crippen LogP contribution in [-0.2, 0) is 4.79 Å².